The molecule has 3 heteroatoms. The molecule has 19 heavy (non-hydrogen) atoms. The average Bonchev–Trinajstić information content (AvgIpc) is 2.24. The van der Waals surface area contributed by atoms with Crippen LogP contribution >= 0.6 is 0 Å². The molecular weight excluding hydrogens is 236 g/mol. The third kappa shape index (κ3) is 5.43. The van der Waals surface area contributed by atoms with Crippen LogP contribution < -0.4 is 5.32 Å². The predicted molar refractivity (Wildman–Crippen MR) is 81.7 cm³/mol. The summed E-state index contributed by atoms with van der Waals surface area (Å²) in [7, 11) is 3.94. The molecule has 0 fully saturated rings. The van der Waals surface area contributed by atoms with Crippen LogP contribution in [0.1, 0.15) is 38.3 Å². The van der Waals surface area contributed by atoms with E-state index in [0.717, 1.165) is 12.2 Å². The number of carbonyl (C=O) groups is 1. The van der Waals surface area contributed by atoms with Crippen molar-refractivity contribution >= 4 is 11.6 Å². The second kappa shape index (κ2) is 6.20. The molecule has 1 aromatic carbocycles. The highest BCUT2D eigenvalue weighted by Crippen LogP contribution is 2.26. The Bertz CT molecular complexity index is 445. The van der Waals surface area contributed by atoms with Gasteiger partial charge in [-0.15, -0.1) is 0 Å². The molecule has 0 heterocycles. The lowest BCUT2D eigenvalue weighted by Crippen LogP contribution is -2.21. The minimum Gasteiger partial charge on any atom is -0.326 e. The maximum Gasteiger partial charge on any atom is 0.225 e. The number of carbonyl (C=O) groups excluding carboxylic acids is 1. The first kappa shape index (κ1) is 15.7. The van der Waals surface area contributed by atoms with E-state index in [2.05, 4.69) is 45.1 Å². The Kier molecular flexibility index (Phi) is 5.12. The van der Waals surface area contributed by atoms with Crippen LogP contribution in [0.25, 0.3) is 0 Å². The van der Waals surface area contributed by atoms with Crippen LogP contribution in [0.2, 0.25) is 0 Å². The van der Waals surface area contributed by atoms with E-state index in [0.29, 0.717) is 6.42 Å². The number of benzene rings is 1. The van der Waals surface area contributed by atoms with Crippen LogP contribution in [-0.2, 0) is 10.2 Å². The number of hydrogen-bond donors (Lipinski definition) is 1. The van der Waals surface area contributed by atoms with Crippen molar-refractivity contribution in [3.05, 3.63) is 29.3 Å². The molecular formula is C16H26N2O. The highest BCUT2D eigenvalue weighted by Gasteiger charge is 2.15. The van der Waals surface area contributed by atoms with Crippen molar-refractivity contribution in [2.75, 3.05) is 26.0 Å². The first-order valence-corrected chi connectivity index (χ1v) is 6.75. The molecule has 0 aromatic heterocycles. The van der Waals surface area contributed by atoms with E-state index in [1.807, 2.05) is 25.1 Å². The number of hydrogen-bond acceptors (Lipinski definition) is 2. The van der Waals surface area contributed by atoms with Gasteiger partial charge < -0.3 is 10.2 Å². The van der Waals surface area contributed by atoms with Crippen LogP contribution in [0, 0.1) is 6.92 Å². The fraction of sp³-hybridized carbons (Fsp3) is 0.562. The summed E-state index contributed by atoms with van der Waals surface area (Å²) < 4.78 is 0. The number of nitrogens with zero attached hydrogens (tertiary/aromatic N) is 1. The molecule has 0 aliphatic heterocycles. The van der Waals surface area contributed by atoms with Crippen molar-refractivity contribution in [1.82, 2.24) is 4.90 Å². The molecule has 0 unspecified atom stereocenters. The smallest absolute Gasteiger partial charge is 0.225 e. The van der Waals surface area contributed by atoms with Gasteiger partial charge in [0.2, 0.25) is 5.91 Å². The number of aryl methyl sites for hydroxylation is 1. The average molecular weight is 262 g/mol. The predicted octanol–water partition coefficient (Wildman–Crippen LogP) is 3.18. The SMILES string of the molecule is Cc1cc(NC(=O)CCN(C)C)cc(C(C)(C)C)c1. The summed E-state index contributed by atoms with van der Waals surface area (Å²) in [6.45, 7) is 9.37. The lowest BCUT2D eigenvalue weighted by atomic mass is 9.86. The van der Waals surface area contributed by atoms with E-state index in [1.54, 1.807) is 0 Å². The van der Waals surface area contributed by atoms with Crippen molar-refractivity contribution in [1.29, 1.82) is 0 Å². The van der Waals surface area contributed by atoms with Crippen LogP contribution in [0.15, 0.2) is 18.2 Å². The Balaban J connectivity index is 2.79. The minimum atomic E-state index is 0.0687. The topological polar surface area (TPSA) is 32.3 Å². The van der Waals surface area contributed by atoms with Crippen LogP contribution in [0.3, 0.4) is 0 Å². The molecule has 0 aliphatic rings. The summed E-state index contributed by atoms with van der Waals surface area (Å²) in [5.74, 6) is 0.0687. The zero-order valence-corrected chi connectivity index (χ0v) is 13.0. The molecule has 1 N–H and O–H groups in total. The van der Waals surface area contributed by atoms with Crippen molar-refractivity contribution in [2.24, 2.45) is 0 Å². The largest absolute Gasteiger partial charge is 0.326 e. The summed E-state index contributed by atoms with van der Waals surface area (Å²) in [5, 5.41) is 2.98. The van der Waals surface area contributed by atoms with E-state index in [1.165, 1.54) is 11.1 Å². The molecule has 106 valence electrons. The van der Waals surface area contributed by atoms with Gasteiger partial charge in [0, 0.05) is 18.7 Å². The molecule has 0 bridgehead atoms. The second-order valence-electron chi connectivity index (χ2n) is 6.44. The maximum absolute atomic E-state index is 11.9. The molecule has 0 saturated carbocycles. The van der Waals surface area contributed by atoms with Crippen LogP contribution in [0.5, 0.6) is 0 Å². The molecule has 1 aromatic rings. The Labute approximate surface area is 117 Å². The van der Waals surface area contributed by atoms with Gasteiger partial charge in [-0.2, -0.15) is 0 Å². The summed E-state index contributed by atoms with van der Waals surface area (Å²) in [6, 6.07) is 6.26. The minimum absolute atomic E-state index is 0.0687. The van der Waals surface area contributed by atoms with Gasteiger partial charge in [-0.05, 0) is 49.7 Å². The van der Waals surface area contributed by atoms with Crippen molar-refractivity contribution in [2.45, 2.75) is 39.5 Å². The van der Waals surface area contributed by atoms with Gasteiger partial charge in [0.05, 0.1) is 0 Å². The van der Waals surface area contributed by atoms with Gasteiger partial charge in [-0.25, -0.2) is 0 Å². The molecule has 0 atom stereocenters. The van der Waals surface area contributed by atoms with Gasteiger partial charge in [0.15, 0.2) is 0 Å². The van der Waals surface area contributed by atoms with E-state index in [-0.39, 0.29) is 11.3 Å². The monoisotopic (exact) mass is 262 g/mol. The highest BCUT2D eigenvalue weighted by molar-refractivity contribution is 5.91. The molecule has 1 rings (SSSR count). The standard InChI is InChI=1S/C16H26N2O/c1-12-9-13(16(2,3)4)11-14(10-12)17-15(19)7-8-18(5)6/h9-11H,7-8H2,1-6H3,(H,17,19). The summed E-state index contributed by atoms with van der Waals surface area (Å²) in [5.41, 5.74) is 3.41. The lowest BCUT2D eigenvalue weighted by Gasteiger charge is -2.21. The third-order valence-corrected chi connectivity index (χ3v) is 3.01. The molecule has 0 spiro atoms. The van der Waals surface area contributed by atoms with E-state index in [4.69, 9.17) is 0 Å². The Morgan fingerprint density at radius 3 is 2.37 bits per heavy atom. The zero-order valence-electron chi connectivity index (χ0n) is 13.0. The zero-order chi connectivity index (χ0) is 14.6. The lowest BCUT2D eigenvalue weighted by molar-refractivity contribution is -0.116. The fourth-order valence-electron chi connectivity index (χ4n) is 1.84. The van der Waals surface area contributed by atoms with Crippen LogP contribution in [-0.4, -0.2) is 31.4 Å². The normalized spacial score (nSPS) is 11.7. The van der Waals surface area contributed by atoms with Gasteiger partial charge in [0.25, 0.3) is 0 Å². The number of amides is 1. The Morgan fingerprint density at radius 2 is 1.84 bits per heavy atom. The molecule has 1 amide bonds. The van der Waals surface area contributed by atoms with Gasteiger partial charge in [-0.1, -0.05) is 26.8 Å². The maximum atomic E-state index is 11.9. The van der Waals surface area contributed by atoms with Crippen molar-refractivity contribution in [3.8, 4) is 0 Å². The number of nitrogens with one attached hydrogen (secondary N) is 1. The van der Waals surface area contributed by atoms with Gasteiger partial charge >= 0.3 is 0 Å². The number of rotatable bonds is 4. The molecule has 0 saturated heterocycles. The number of anilines is 1. The fourth-order valence-corrected chi connectivity index (χ4v) is 1.84. The second-order valence-corrected chi connectivity index (χ2v) is 6.44. The highest BCUT2D eigenvalue weighted by atomic mass is 16.1. The first-order chi connectivity index (χ1) is 8.68. The molecule has 0 radical (unpaired) electrons. The van der Waals surface area contributed by atoms with Crippen molar-refractivity contribution in [3.63, 3.8) is 0 Å². The van der Waals surface area contributed by atoms with E-state index >= 15 is 0 Å². The van der Waals surface area contributed by atoms with Crippen molar-refractivity contribution < 1.29 is 4.79 Å². The third-order valence-electron chi connectivity index (χ3n) is 3.01. The summed E-state index contributed by atoms with van der Waals surface area (Å²) in [4.78, 5) is 13.9. The molecule has 0 aliphatic carbocycles. The van der Waals surface area contributed by atoms with Gasteiger partial charge in [0.1, 0.15) is 0 Å². The van der Waals surface area contributed by atoms with E-state index < -0.39 is 0 Å². The van der Waals surface area contributed by atoms with Crippen LogP contribution in [0.4, 0.5) is 5.69 Å². The van der Waals surface area contributed by atoms with Gasteiger partial charge in [-0.3, -0.25) is 4.79 Å². The quantitative estimate of drug-likeness (QED) is 0.904. The summed E-state index contributed by atoms with van der Waals surface area (Å²) in [6.07, 6.45) is 0.520. The molecule has 3 nitrogen and oxygen atoms in total. The first-order valence-electron chi connectivity index (χ1n) is 6.75. The Morgan fingerprint density at radius 1 is 1.21 bits per heavy atom. The van der Waals surface area contributed by atoms with E-state index in [9.17, 15) is 4.79 Å². The Hall–Kier alpha value is -1.35. The summed E-state index contributed by atoms with van der Waals surface area (Å²) >= 11 is 0.